The first-order valence-electron chi connectivity index (χ1n) is 22.4. The number of aromatic amines is 2. The minimum absolute atomic E-state index is 0.0434. The van der Waals surface area contributed by atoms with Gasteiger partial charge in [0.2, 0.25) is 0 Å². The maximum absolute atomic E-state index is 11.5. The predicted molar refractivity (Wildman–Crippen MR) is 265 cm³/mol. The van der Waals surface area contributed by atoms with Crippen LogP contribution in [0.5, 0.6) is 0 Å². The number of halogens is 2. The highest BCUT2D eigenvalue weighted by atomic mass is 35.5. The number of benzene rings is 6. The fraction of sp³-hybridized carbons (Fsp3) is 0.232. The van der Waals surface area contributed by atoms with Gasteiger partial charge in [0.15, 0.2) is 0 Å². The minimum atomic E-state index is -0.914. The van der Waals surface area contributed by atoms with Gasteiger partial charge in [-0.3, -0.25) is 4.79 Å². The normalized spacial score (nSPS) is 14.4. The van der Waals surface area contributed by atoms with Gasteiger partial charge in [-0.25, -0.2) is 9.59 Å². The summed E-state index contributed by atoms with van der Waals surface area (Å²) in [6.07, 6.45) is 5.33. The van der Waals surface area contributed by atoms with Crippen molar-refractivity contribution in [1.82, 2.24) is 9.97 Å². The zero-order valence-corrected chi connectivity index (χ0v) is 38.9. The van der Waals surface area contributed by atoms with Gasteiger partial charge in [-0.1, -0.05) is 96.0 Å². The molecule has 340 valence electrons. The van der Waals surface area contributed by atoms with Crippen molar-refractivity contribution < 1.29 is 34.4 Å². The lowest BCUT2D eigenvalue weighted by atomic mass is 9.94. The molecular formula is C56H50Cl2N2O7. The molecular weight excluding hydrogens is 884 g/mol. The van der Waals surface area contributed by atoms with Crippen LogP contribution in [0.25, 0.3) is 44.1 Å². The zero-order chi connectivity index (χ0) is 47.2. The maximum atomic E-state index is 11.5. The number of H-pyrrole nitrogens is 2. The van der Waals surface area contributed by atoms with Gasteiger partial charge in [-0.05, 0) is 133 Å². The molecule has 10 rings (SSSR count). The van der Waals surface area contributed by atoms with Crippen LogP contribution in [-0.2, 0) is 33.2 Å². The lowest BCUT2D eigenvalue weighted by Crippen LogP contribution is -2.17. The van der Waals surface area contributed by atoms with Gasteiger partial charge in [0, 0.05) is 74.9 Å². The van der Waals surface area contributed by atoms with E-state index in [9.17, 15) is 29.7 Å². The quantitative estimate of drug-likeness (QED) is 0.0722. The van der Waals surface area contributed by atoms with E-state index in [1.54, 1.807) is 26.0 Å². The summed E-state index contributed by atoms with van der Waals surface area (Å²) in [5, 5.41) is 31.9. The molecule has 0 saturated heterocycles. The van der Waals surface area contributed by atoms with Crippen molar-refractivity contribution in [3.63, 3.8) is 0 Å². The molecule has 2 fully saturated rings. The van der Waals surface area contributed by atoms with Crippen molar-refractivity contribution in [3.05, 3.63) is 187 Å². The van der Waals surface area contributed by atoms with E-state index in [2.05, 4.69) is 82.8 Å². The highest BCUT2D eigenvalue weighted by molar-refractivity contribution is 6.34. The van der Waals surface area contributed by atoms with Crippen molar-refractivity contribution in [1.29, 1.82) is 0 Å². The molecule has 0 unspecified atom stereocenters. The number of carboxylic acid groups (broad SMARTS) is 2. The molecule has 2 aromatic heterocycles. The Morgan fingerprint density at radius 3 is 1.37 bits per heavy atom. The van der Waals surface area contributed by atoms with Gasteiger partial charge in [0.05, 0.1) is 27.8 Å². The first-order valence-corrected chi connectivity index (χ1v) is 23.1. The monoisotopic (exact) mass is 932 g/mol. The summed E-state index contributed by atoms with van der Waals surface area (Å²) >= 11 is 13.3. The average Bonchev–Trinajstić information content (AvgIpc) is 4.22. The van der Waals surface area contributed by atoms with Crippen LogP contribution in [0, 0.1) is 13.8 Å². The van der Waals surface area contributed by atoms with Crippen molar-refractivity contribution in [3.8, 4) is 22.3 Å². The Morgan fingerprint density at radius 1 is 0.582 bits per heavy atom. The number of aromatic carboxylic acids is 2. The summed E-state index contributed by atoms with van der Waals surface area (Å²) in [4.78, 5) is 41.0. The lowest BCUT2D eigenvalue weighted by Gasteiger charge is -2.16. The second kappa shape index (κ2) is 18.2. The Morgan fingerprint density at radius 2 is 1.00 bits per heavy atom. The van der Waals surface area contributed by atoms with E-state index in [1.165, 1.54) is 18.1 Å². The third-order valence-corrected chi connectivity index (χ3v) is 14.2. The highest BCUT2D eigenvalue weighted by Crippen LogP contribution is 2.49. The Bertz CT molecular complexity index is 3210. The van der Waals surface area contributed by atoms with Crippen molar-refractivity contribution >= 4 is 62.9 Å². The van der Waals surface area contributed by atoms with E-state index in [-0.39, 0.29) is 23.4 Å². The van der Waals surface area contributed by atoms with Crippen molar-refractivity contribution in [2.45, 2.75) is 70.1 Å². The van der Waals surface area contributed by atoms with E-state index >= 15 is 0 Å². The number of aryl methyl sites for hydroxylation is 2. The topological polar surface area (TPSA) is 153 Å². The smallest absolute Gasteiger partial charge is 0.335 e. The molecule has 6 aromatic carbocycles. The molecule has 11 heteroatoms. The van der Waals surface area contributed by atoms with Crippen molar-refractivity contribution in [2.75, 3.05) is 13.2 Å². The fourth-order valence-corrected chi connectivity index (χ4v) is 9.67. The number of esters is 1. The van der Waals surface area contributed by atoms with Gasteiger partial charge in [0.1, 0.15) is 6.61 Å². The summed E-state index contributed by atoms with van der Waals surface area (Å²) in [5.74, 6) is -2.07. The number of carboxylic acids is 2. The number of carbonyl (C=O) groups excluding carboxylic acids is 1. The second-order valence-corrected chi connectivity index (χ2v) is 19.2. The van der Waals surface area contributed by atoms with Crippen LogP contribution in [-0.4, -0.2) is 56.4 Å². The molecule has 0 spiro atoms. The maximum Gasteiger partial charge on any atom is 0.335 e. The largest absolute Gasteiger partial charge is 0.478 e. The summed E-state index contributed by atoms with van der Waals surface area (Å²) in [5.41, 5.74) is 14.2. The molecule has 0 radical (unpaired) electrons. The van der Waals surface area contributed by atoms with E-state index in [1.807, 2.05) is 36.4 Å². The fourth-order valence-electron chi connectivity index (χ4n) is 9.12. The Kier molecular flexibility index (Phi) is 12.4. The summed E-state index contributed by atoms with van der Waals surface area (Å²) < 4.78 is 5.28. The molecule has 0 amide bonds. The molecule has 0 atom stereocenters. The molecule has 0 bridgehead atoms. The van der Waals surface area contributed by atoms with Crippen LogP contribution in [0.2, 0.25) is 10.0 Å². The Labute approximate surface area is 398 Å². The van der Waals surface area contributed by atoms with Crippen LogP contribution in [0.1, 0.15) is 98.1 Å². The molecule has 67 heavy (non-hydrogen) atoms. The van der Waals surface area contributed by atoms with Crippen molar-refractivity contribution in [2.24, 2.45) is 0 Å². The van der Waals surface area contributed by atoms with Gasteiger partial charge in [-0.15, -0.1) is 0 Å². The van der Waals surface area contributed by atoms with E-state index in [0.29, 0.717) is 40.6 Å². The minimum Gasteiger partial charge on any atom is -0.478 e. The van der Waals surface area contributed by atoms with Crippen LogP contribution >= 0.6 is 23.2 Å². The van der Waals surface area contributed by atoms with Crippen LogP contribution in [0.15, 0.2) is 121 Å². The molecule has 8 aromatic rings. The van der Waals surface area contributed by atoms with Crippen LogP contribution in [0.4, 0.5) is 0 Å². The van der Waals surface area contributed by atoms with E-state index < -0.39 is 11.9 Å². The molecule has 2 saturated carbocycles. The average molecular weight is 934 g/mol. The van der Waals surface area contributed by atoms with E-state index in [0.717, 1.165) is 103 Å². The molecule has 5 N–H and O–H groups in total. The number of aromatic nitrogens is 2. The third-order valence-electron chi connectivity index (χ3n) is 13.6. The molecule has 2 aliphatic carbocycles. The highest BCUT2D eigenvalue weighted by Gasteiger charge is 2.45. The van der Waals surface area contributed by atoms with Crippen LogP contribution in [0.3, 0.4) is 0 Å². The number of aliphatic hydroxyl groups excluding tert-OH is 1. The number of aliphatic hydroxyl groups is 1. The number of fused-ring (bicyclic) bond motifs is 2. The number of nitrogens with one attached hydrogen (secondary N) is 2. The molecule has 0 aliphatic heterocycles. The Balaban J connectivity index is 0.000000169. The molecule has 2 heterocycles. The lowest BCUT2D eigenvalue weighted by molar-refractivity contribution is -0.141. The van der Waals surface area contributed by atoms with Gasteiger partial charge >= 0.3 is 17.9 Å². The SMILES string of the molecule is CC(=O)OCC1(c2ccc(-c3cc4cc(Cc5ccc(C)c(C(=O)O)c5)[nH]c4cc3Cl)cc2)CC1.Cc1ccc(Cc2cc3cc(-c4ccc(C5(CO)CC5)cc4)c(Cl)cc3[nH]2)cc1C(=O)O. The number of rotatable bonds is 13. The predicted octanol–water partition coefficient (Wildman–Crippen LogP) is 12.8. The number of hydrogen-bond donors (Lipinski definition) is 5. The first-order chi connectivity index (χ1) is 32.1. The standard InChI is InChI=1S/C29H26ClNO4.C27H24ClNO3/c1-17-3-4-19(12-24(17)28(33)34)11-23-13-21-14-25(26(30)15-27(21)31-23)20-5-7-22(8-6-20)29(9-10-29)16-35-18(2)32;1-16-2-3-17(11-22(16)26(31)32)10-21-12-19-13-23(24(28)14-25(19)29-21)18-4-6-20(7-5-18)27(15-30)8-9-27/h3-8,12-15,31H,9-11,16H2,1-2H3,(H,33,34);2-7,11-14,29-30H,8-10,15H2,1H3,(H,31,32). The molecule has 2 aliphatic rings. The van der Waals surface area contributed by atoms with E-state index in [4.69, 9.17) is 27.9 Å². The summed E-state index contributed by atoms with van der Waals surface area (Å²) in [6, 6.07) is 40.0. The van der Waals surface area contributed by atoms with Gasteiger partial charge in [0.25, 0.3) is 0 Å². The summed E-state index contributed by atoms with van der Waals surface area (Å²) in [7, 11) is 0. The number of ether oxygens (including phenoxy) is 1. The second-order valence-electron chi connectivity index (χ2n) is 18.3. The number of carbonyl (C=O) groups is 3. The van der Waals surface area contributed by atoms with Gasteiger partial charge < -0.3 is 30.0 Å². The summed E-state index contributed by atoms with van der Waals surface area (Å²) in [6.45, 7) is 5.67. The molecule has 9 nitrogen and oxygen atoms in total. The number of hydrogen-bond acceptors (Lipinski definition) is 5. The van der Waals surface area contributed by atoms with Gasteiger partial charge in [-0.2, -0.15) is 0 Å². The zero-order valence-electron chi connectivity index (χ0n) is 37.4. The van der Waals surface area contributed by atoms with Crippen LogP contribution < -0.4 is 0 Å². The first kappa shape index (κ1) is 45.5. The third kappa shape index (κ3) is 9.63. The Hall–Kier alpha value is -6.65.